The smallest absolute Gasteiger partial charge is 0.251 e. The van der Waals surface area contributed by atoms with Gasteiger partial charge in [-0.3, -0.25) is 9.59 Å². The van der Waals surface area contributed by atoms with Crippen molar-refractivity contribution in [3.8, 4) is 11.5 Å². The second-order valence-corrected chi connectivity index (χ2v) is 5.37. The lowest BCUT2D eigenvalue weighted by Crippen LogP contribution is -2.22. The zero-order valence-corrected chi connectivity index (χ0v) is 15.0. The number of carbonyl (C=O) groups is 2. The zero-order chi connectivity index (χ0) is 18.9. The Hall–Kier alpha value is -3.28. The fraction of sp³-hybridized carbons (Fsp3) is 0.200. The number of methoxy groups -OCH3 is 2. The van der Waals surface area contributed by atoms with Gasteiger partial charge in [-0.05, 0) is 49.4 Å². The standard InChI is InChI=1S/C20H22N2O4/c1-4-21-20(24)15-6-5-7-16(12-15)22-19(23)11-8-14-13-17(25-2)9-10-18(14)26-3/h5-13H,4H2,1-3H3,(H,21,24)(H,22,23)/b11-8+. The van der Waals surface area contributed by atoms with Crippen LogP contribution in [0, 0.1) is 0 Å². The highest BCUT2D eigenvalue weighted by Crippen LogP contribution is 2.25. The van der Waals surface area contributed by atoms with Crippen LogP contribution in [0.1, 0.15) is 22.8 Å². The summed E-state index contributed by atoms with van der Waals surface area (Å²) in [6, 6.07) is 12.1. The number of ether oxygens (including phenoxy) is 2. The zero-order valence-electron chi connectivity index (χ0n) is 15.0. The highest BCUT2D eigenvalue weighted by Gasteiger charge is 2.06. The van der Waals surface area contributed by atoms with Crippen LogP contribution < -0.4 is 20.1 Å². The lowest BCUT2D eigenvalue weighted by molar-refractivity contribution is -0.111. The molecule has 2 N–H and O–H groups in total. The molecule has 0 aromatic heterocycles. The van der Waals surface area contributed by atoms with Crippen LogP contribution in [0.15, 0.2) is 48.5 Å². The molecule has 0 saturated heterocycles. The van der Waals surface area contributed by atoms with E-state index < -0.39 is 0 Å². The van der Waals surface area contributed by atoms with Crippen molar-refractivity contribution in [2.24, 2.45) is 0 Å². The Morgan fingerprint density at radius 3 is 2.58 bits per heavy atom. The molecule has 0 aliphatic carbocycles. The predicted molar refractivity (Wildman–Crippen MR) is 102 cm³/mol. The van der Waals surface area contributed by atoms with Crippen LogP contribution in [-0.4, -0.2) is 32.6 Å². The van der Waals surface area contributed by atoms with E-state index in [0.29, 0.717) is 29.3 Å². The van der Waals surface area contributed by atoms with Gasteiger partial charge in [0.2, 0.25) is 5.91 Å². The van der Waals surface area contributed by atoms with Gasteiger partial charge in [0.1, 0.15) is 11.5 Å². The molecule has 2 aromatic rings. The van der Waals surface area contributed by atoms with Gasteiger partial charge in [-0.2, -0.15) is 0 Å². The first kappa shape index (κ1) is 19.1. The minimum Gasteiger partial charge on any atom is -0.497 e. The second kappa shape index (κ2) is 9.27. The van der Waals surface area contributed by atoms with Crippen molar-refractivity contribution >= 4 is 23.6 Å². The fourth-order valence-electron chi connectivity index (χ4n) is 2.32. The van der Waals surface area contributed by atoms with Crippen LogP contribution in [0.2, 0.25) is 0 Å². The first-order chi connectivity index (χ1) is 12.6. The van der Waals surface area contributed by atoms with Crippen LogP contribution in [0.25, 0.3) is 6.08 Å². The lowest BCUT2D eigenvalue weighted by atomic mass is 10.1. The molecule has 0 unspecified atom stereocenters. The largest absolute Gasteiger partial charge is 0.497 e. The fourth-order valence-corrected chi connectivity index (χ4v) is 2.32. The Morgan fingerprint density at radius 1 is 1.08 bits per heavy atom. The van der Waals surface area contributed by atoms with Crippen molar-refractivity contribution in [1.29, 1.82) is 0 Å². The van der Waals surface area contributed by atoms with Gasteiger partial charge in [-0.1, -0.05) is 6.07 Å². The Balaban J connectivity index is 2.10. The maximum absolute atomic E-state index is 12.2. The summed E-state index contributed by atoms with van der Waals surface area (Å²) in [5.74, 6) is 0.803. The number of anilines is 1. The molecular weight excluding hydrogens is 332 g/mol. The molecule has 2 aromatic carbocycles. The van der Waals surface area contributed by atoms with Crippen LogP contribution in [0.3, 0.4) is 0 Å². The van der Waals surface area contributed by atoms with E-state index in [9.17, 15) is 9.59 Å². The van der Waals surface area contributed by atoms with Gasteiger partial charge < -0.3 is 20.1 Å². The summed E-state index contributed by atoms with van der Waals surface area (Å²) in [6.45, 7) is 2.39. The number of rotatable bonds is 7. The first-order valence-electron chi connectivity index (χ1n) is 8.16. The summed E-state index contributed by atoms with van der Waals surface area (Å²) < 4.78 is 10.5. The van der Waals surface area contributed by atoms with Gasteiger partial charge in [0.25, 0.3) is 5.91 Å². The number of carbonyl (C=O) groups excluding carboxylic acids is 2. The first-order valence-corrected chi connectivity index (χ1v) is 8.16. The van der Waals surface area contributed by atoms with Gasteiger partial charge in [0, 0.05) is 29.4 Å². The van der Waals surface area contributed by atoms with Gasteiger partial charge in [-0.25, -0.2) is 0 Å². The Bertz CT molecular complexity index is 815. The molecular formula is C20H22N2O4. The molecule has 0 radical (unpaired) electrons. The van der Waals surface area contributed by atoms with Crippen molar-refractivity contribution in [3.05, 3.63) is 59.7 Å². The summed E-state index contributed by atoms with van der Waals surface area (Å²) in [6.07, 6.45) is 3.04. The molecule has 26 heavy (non-hydrogen) atoms. The molecule has 0 aliphatic heterocycles. The number of benzene rings is 2. The van der Waals surface area contributed by atoms with Crippen molar-refractivity contribution in [2.75, 3.05) is 26.1 Å². The normalized spacial score (nSPS) is 10.4. The second-order valence-electron chi connectivity index (χ2n) is 5.37. The average Bonchev–Trinajstić information content (AvgIpc) is 2.66. The third kappa shape index (κ3) is 5.11. The number of hydrogen-bond acceptors (Lipinski definition) is 4. The molecule has 0 bridgehead atoms. The minimum atomic E-state index is -0.317. The number of hydrogen-bond donors (Lipinski definition) is 2. The summed E-state index contributed by atoms with van der Waals surface area (Å²) in [7, 11) is 3.13. The minimum absolute atomic E-state index is 0.180. The summed E-state index contributed by atoms with van der Waals surface area (Å²) in [5.41, 5.74) is 1.75. The molecule has 0 aliphatic rings. The van der Waals surface area contributed by atoms with E-state index in [2.05, 4.69) is 10.6 Å². The van der Waals surface area contributed by atoms with E-state index in [1.807, 2.05) is 6.92 Å². The lowest BCUT2D eigenvalue weighted by Gasteiger charge is -2.08. The van der Waals surface area contributed by atoms with Crippen LogP contribution in [0.5, 0.6) is 11.5 Å². The third-order valence-electron chi connectivity index (χ3n) is 3.58. The summed E-state index contributed by atoms with van der Waals surface area (Å²) >= 11 is 0. The van der Waals surface area contributed by atoms with E-state index in [-0.39, 0.29) is 11.8 Å². The molecule has 2 amide bonds. The van der Waals surface area contributed by atoms with Gasteiger partial charge in [0.15, 0.2) is 0 Å². The molecule has 0 fully saturated rings. The number of nitrogens with one attached hydrogen (secondary N) is 2. The molecule has 0 saturated carbocycles. The Kier molecular flexibility index (Phi) is 6.79. The van der Waals surface area contributed by atoms with Gasteiger partial charge in [0.05, 0.1) is 14.2 Å². The van der Waals surface area contributed by atoms with E-state index in [1.165, 1.54) is 6.08 Å². The van der Waals surface area contributed by atoms with Crippen LogP contribution in [-0.2, 0) is 4.79 Å². The van der Waals surface area contributed by atoms with E-state index in [1.54, 1.807) is 62.8 Å². The Labute approximate surface area is 152 Å². The highest BCUT2D eigenvalue weighted by molar-refractivity contribution is 6.03. The highest BCUT2D eigenvalue weighted by atomic mass is 16.5. The summed E-state index contributed by atoms with van der Waals surface area (Å²) in [4.78, 5) is 24.0. The maximum Gasteiger partial charge on any atom is 0.251 e. The van der Waals surface area contributed by atoms with Crippen LogP contribution >= 0.6 is 0 Å². The molecule has 0 heterocycles. The van der Waals surface area contributed by atoms with Gasteiger partial charge in [-0.15, -0.1) is 0 Å². The van der Waals surface area contributed by atoms with E-state index in [0.717, 1.165) is 5.56 Å². The van der Waals surface area contributed by atoms with Gasteiger partial charge >= 0.3 is 0 Å². The quantitative estimate of drug-likeness (QED) is 0.749. The van der Waals surface area contributed by atoms with E-state index >= 15 is 0 Å². The maximum atomic E-state index is 12.2. The predicted octanol–water partition coefficient (Wildman–Crippen LogP) is 3.11. The van der Waals surface area contributed by atoms with Crippen molar-refractivity contribution in [1.82, 2.24) is 5.32 Å². The summed E-state index contributed by atoms with van der Waals surface area (Å²) in [5, 5.41) is 5.46. The monoisotopic (exact) mass is 354 g/mol. The molecule has 0 atom stereocenters. The van der Waals surface area contributed by atoms with Crippen molar-refractivity contribution < 1.29 is 19.1 Å². The molecule has 0 spiro atoms. The SMILES string of the molecule is CCNC(=O)c1cccc(NC(=O)/C=C/c2cc(OC)ccc2OC)c1. The van der Waals surface area contributed by atoms with Crippen molar-refractivity contribution in [3.63, 3.8) is 0 Å². The third-order valence-corrected chi connectivity index (χ3v) is 3.58. The van der Waals surface area contributed by atoms with Crippen molar-refractivity contribution in [2.45, 2.75) is 6.92 Å². The average molecular weight is 354 g/mol. The number of amides is 2. The molecule has 6 heteroatoms. The molecule has 136 valence electrons. The molecule has 2 rings (SSSR count). The van der Waals surface area contributed by atoms with E-state index in [4.69, 9.17) is 9.47 Å². The van der Waals surface area contributed by atoms with Crippen LogP contribution in [0.4, 0.5) is 5.69 Å². The topological polar surface area (TPSA) is 76.7 Å². The Morgan fingerprint density at radius 2 is 1.88 bits per heavy atom. The molecule has 6 nitrogen and oxygen atoms in total.